The molecule has 5 N–H and O–H groups in total. The van der Waals surface area contributed by atoms with E-state index in [4.69, 9.17) is 5.73 Å². The molecule has 1 atom stereocenters. The van der Waals surface area contributed by atoms with Crippen LogP contribution in [0.1, 0.15) is 48.9 Å². The zero-order valence-corrected chi connectivity index (χ0v) is 23.2. The summed E-state index contributed by atoms with van der Waals surface area (Å²) in [5.74, 6) is -8.68. The number of anilines is 2. The molecule has 5 rings (SSSR count). The van der Waals surface area contributed by atoms with Crippen LogP contribution in [-0.2, 0) is 19.8 Å². The van der Waals surface area contributed by atoms with E-state index >= 15 is 0 Å². The van der Waals surface area contributed by atoms with Gasteiger partial charge in [0, 0.05) is 51.8 Å². The first-order valence-electron chi connectivity index (χ1n) is 13.2. The number of carboxylic acids is 2. The lowest BCUT2D eigenvalue weighted by atomic mass is 9.67. The molecule has 1 unspecified atom stereocenters. The fourth-order valence-electron chi connectivity index (χ4n) is 5.42. The van der Waals surface area contributed by atoms with Crippen molar-refractivity contribution in [1.29, 1.82) is 0 Å². The number of nitrogens with two attached hydrogens (primary N) is 1. The lowest BCUT2D eigenvalue weighted by molar-refractivity contribution is -0.386. The van der Waals surface area contributed by atoms with Gasteiger partial charge >= 0.3 is 11.9 Å². The summed E-state index contributed by atoms with van der Waals surface area (Å²) in [6, 6.07) is 16.4. The zero-order chi connectivity index (χ0) is 33.5. The number of nitrogens with zero attached hydrogens (tertiary/aromatic N) is 2. The van der Waals surface area contributed by atoms with E-state index in [2.05, 4.69) is 5.32 Å². The topological polar surface area (TPSA) is 250 Å². The van der Waals surface area contributed by atoms with Crippen molar-refractivity contribution < 1.29 is 44.0 Å². The number of non-ortho nitro benzene ring substituents is 1. The van der Waals surface area contributed by atoms with Gasteiger partial charge in [-0.1, -0.05) is 18.2 Å². The Labute approximate surface area is 257 Å². The van der Waals surface area contributed by atoms with Crippen LogP contribution in [0.2, 0.25) is 0 Å². The van der Waals surface area contributed by atoms with Gasteiger partial charge in [-0.25, -0.2) is 0 Å². The van der Waals surface area contributed by atoms with E-state index in [0.29, 0.717) is 11.8 Å². The van der Waals surface area contributed by atoms with Crippen LogP contribution in [0.15, 0.2) is 84.9 Å². The number of carbonyl (C=O) groups is 5. The van der Waals surface area contributed by atoms with E-state index in [0.717, 1.165) is 36.4 Å². The Kier molecular flexibility index (Phi) is 7.59. The second-order valence-electron chi connectivity index (χ2n) is 10.2. The molecule has 0 saturated carbocycles. The van der Waals surface area contributed by atoms with Crippen LogP contribution >= 0.6 is 0 Å². The molecular weight excluding hydrogens is 604 g/mol. The third-order valence-corrected chi connectivity index (χ3v) is 7.65. The molecule has 15 heteroatoms. The highest BCUT2D eigenvalue weighted by Gasteiger charge is 2.62. The third kappa shape index (κ3) is 4.96. The largest absolute Gasteiger partial charge is 0.480 e. The normalized spacial score (nSPS) is 13.7. The lowest BCUT2D eigenvalue weighted by Gasteiger charge is -2.30. The Morgan fingerprint density at radius 2 is 1.22 bits per heavy atom. The van der Waals surface area contributed by atoms with Gasteiger partial charge in [-0.2, -0.15) is 0 Å². The second-order valence-corrected chi connectivity index (χ2v) is 10.2. The average Bonchev–Trinajstić information content (AvgIpc) is 3.35. The second kappa shape index (κ2) is 11.4. The van der Waals surface area contributed by atoms with Crippen molar-refractivity contribution in [3.05, 3.63) is 139 Å². The number of nitrogens with one attached hydrogen (secondary N) is 1. The fraction of sp³-hybridized carbons (Fsp3) is 0.0645. The molecule has 0 saturated heterocycles. The van der Waals surface area contributed by atoms with Gasteiger partial charge in [-0.3, -0.25) is 44.2 Å². The number of aliphatic carboxylic acids is 2. The van der Waals surface area contributed by atoms with Gasteiger partial charge in [-0.05, 0) is 54.1 Å². The molecule has 230 valence electrons. The van der Waals surface area contributed by atoms with Crippen LogP contribution < -0.4 is 11.1 Å². The van der Waals surface area contributed by atoms with Gasteiger partial charge in [0.2, 0.25) is 11.3 Å². The van der Waals surface area contributed by atoms with E-state index < -0.39 is 61.8 Å². The van der Waals surface area contributed by atoms with Crippen molar-refractivity contribution in [2.75, 3.05) is 11.1 Å². The summed E-state index contributed by atoms with van der Waals surface area (Å²) in [5.41, 5.74) is 0.176. The number of carboxylic acid groups (broad SMARTS) is 2. The summed E-state index contributed by atoms with van der Waals surface area (Å²) in [6.45, 7) is 0. The molecule has 1 amide bonds. The number of rotatable bonds is 10. The summed E-state index contributed by atoms with van der Waals surface area (Å²) in [4.78, 5) is 86.7. The van der Waals surface area contributed by atoms with E-state index in [1.54, 1.807) is 0 Å². The minimum atomic E-state index is -3.27. The minimum Gasteiger partial charge on any atom is -0.480 e. The quantitative estimate of drug-likeness (QED) is 0.0648. The van der Waals surface area contributed by atoms with Gasteiger partial charge in [0.1, 0.15) is 0 Å². The number of ketones is 2. The van der Waals surface area contributed by atoms with Gasteiger partial charge in [0.25, 0.3) is 11.4 Å². The van der Waals surface area contributed by atoms with Crippen LogP contribution in [0, 0.1) is 20.2 Å². The SMILES string of the molecule is Nc1ccc(C(=O)c2ccc3c(c2)NC(=O)C3C(C(=O)O)(C(=O)O)c2ccc(C(=O)c3ccc([N+](=O)[O-])cc3)cc2[N+](=O)[O-])cc1. The minimum absolute atomic E-state index is 0.0702. The molecule has 1 aliphatic heterocycles. The molecule has 1 heterocycles. The maximum Gasteiger partial charge on any atom is 0.327 e. The lowest BCUT2D eigenvalue weighted by Crippen LogP contribution is -2.51. The van der Waals surface area contributed by atoms with Crippen LogP contribution in [0.3, 0.4) is 0 Å². The Morgan fingerprint density at radius 1 is 0.717 bits per heavy atom. The Balaban J connectivity index is 1.62. The molecular formula is C31H20N4O11. The first-order chi connectivity index (χ1) is 21.8. The predicted molar refractivity (Wildman–Crippen MR) is 159 cm³/mol. The van der Waals surface area contributed by atoms with E-state index in [1.165, 1.54) is 42.5 Å². The number of nitrogen functional groups attached to an aromatic ring is 1. The summed E-state index contributed by atoms with van der Waals surface area (Å²) in [5, 5.41) is 46.4. The van der Waals surface area contributed by atoms with E-state index in [-0.39, 0.29) is 39.2 Å². The molecule has 0 aromatic heterocycles. The number of fused-ring (bicyclic) bond motifs is 1. The van der Waals surface area contributed by atoms with Gasteiger partial charge in [0.15, 0.2) is 11.6 Å². The highest BCUT2D eigenvalue weighted by Crippen LogP contribution is 2.49. The van der Waals surface area contributed by atoms with Crippen LogP contribution in [0.5, 0.6) is 0 Å². The number of hydrogen-bond donors (Lipinski definition) is 4. The van der Waals surface area contributed by atoms with E-state index in [1.807, 2.05) is 0 Å². The molecule has 0 bridgehead atoms. The molecule has 4 aromatic carbocycles. The summed E-state index contributed by atoms with van der Waals surface area (Å²) in [7, 11) is 0. The molecule has 4 aromatic rings. The number of hydrogen-bond acceptors (Lipinski definition) is 10. The number of nitro groups is 2. The van der Waals surface area contributed by atoms with Gasteiger partial charge in [0.05, 0.1) is 21.3 Å². The molecule has 1 aliphatic rings. The standard InChI is InChI=1S/C31H20N4O11/c32-19-7-1-15(2-8-19)26(36)17-5-11-21-23(13-17)33-28(38)25(21)31(29(39)40,30(41)42)22-12-6-18(14-24(22)35(45)46)27(37)16-3-9-20(10-4-16)34(43)44/h1-14,25H,32H2,(H,33,38)(H,39,40)(H,41,42). The van der Waals surface area contributed by atoms with Gasteiger partial charge in [-0.15, -0.1) is 0 Å². The maximum absolute atomic E-state index is 13.4. The maximum atomic E-state index is 13.4. The van der Waals surface area contributed by atoms with Gasteiger partial charge < -0.3 is 21.3 Å². The van der Waals surface area contributed by atoms with E-state index in [9.17, 15) is 54.4 Å². The monoisotopic (exact) mass is 624 g/mol. The molecule has 0 radical (unpaired) electrons. The first-order valence-corrected chi connectivity index (χ1v) is 13.2. The van der Waals surface area contributed by atoms with Crippen LogP contribution in [-0.4, -0.2) is 49.5 Å². The number of nitro benzene ring substituents is 2. The molecule has 0 fully saturated rings. The third-order valence-electron chi connectivity index (χ3n) is 7.65. The number of amides is 1. The first kappa shape index (κ1) is 30.7. The van der Waals surface area contributed by atoms with Crippen molar-refractivity contribution in [2.24, 2.45) is 0 Å². The van der Waals surface area contributed by atoms with Crippen molar-refractivity contribution in [1.82, 2.24) is 0 Å². The van der Waals surface area contributed by atoms with Crippen LogP contribution in [0.4, 0.5) is 22.7 Å². The predicted octanol–water partition coefficient (Wildman–Crippen LogP) is 3.69. The van der Waals surface area contributed by atoms with Crippen molar-refractivity contribution in [3.8, 4) is 0 Å². The number of carbonyl (C=O) groups excluding carboxylic acids is 3. The van der Waals surface area contributed by atoms with Crippen molar-refractivity contribution in [2.45, 2.75) is 11.3 Å². The molecule has 15 nitrogen and oxygen atoms in total. The van der Waals surface area contributed by atoms with Crippen molar-refractivity contribution >= 4 is 52.2 Å². The summed E-state index contributed by atoms with van der Waals surface area (Å²) >= 11 is 0. The fourth-order valence-corrected chi connectivity index (χ4v) is 5.42. The van der Waals surface area contributed by atoms with Crippen LogP contribution in [0.25, 0.3) is 0 Å². The average molecular weight is 625 g/mol. The smallest absolute Gasteiger partial charge is 0.327 e. The summed E-state index contributed by atoms with van der Waals surface area (Å²) < 4.78 is 0. The Hall–Kier alpha value is -6.77. The molecule has 0 spiro atoms. The number of benzene rings is 4. The zero-order valence-electron chi connectivity index (χ0n) is 23.2. The van der Waals surface area contributed by atoms with Crippen molar-refractivity contribution in [3.63, 3.8) is 0 Å². The highest BCUT2D eigenvalue weighted by atomic mass is 16.6. The summed E-state index contributed by atoms with van der Waals surface area (Å²) in [6.07, 6.45) is 0. The Morgan fingerprint density at radius 3 is 1.74 bits per heavy atom. The highest BCUT2D eigenvalue weighted by molar-refractivity contribution is 6.18. The Bertz CT molecular complexity index is 1990. The molecule has 46 heavy (non-hydrogen) atoms. The molecule has 0 aliphatic carbocycles.